The molecule has 0 amide bonds. The molecular weight excluding hydrogens is 238 g/mol. The summed E-state index contributed by atoms with van der Waals surface area (Å²) in [6.07, 6.45) is 2.92. The molecule has 2 heterocycles. The molecule has 0 aliphatic heterocycles. The maximum atomic E-state index is 5.86. The molecule has 1 atom stereocenters. The van der Waals surface area contributed by atoms with Gasteiger partial charge in [-0.1, -0.05) is 13.8 Å². The number of nitrogens with one attached hydrogen (secondary N) is 1. The molecule has 0 bridgehead atoms. The van der Waals surface area contributed by atoms with Gasteiger partial charge in [-0.25, -0.2) is 4.98 Å². The minimum atomic E-state index is 0.294. The first kappa shape index (κ1) is 13.9. The van der Waals surface area contributed by atoms with Crippen LogP contribution in [0.5, 0.6) is 0 Å². The number of nitrogens with two attached hydrogens (primary N) is 1. The van der Waals surface area contributed by atoms with E-state index < -0.39 is 0 Å². The van der Waals surface area contributed by atoms with Crippen molar-refractivity contribution in [2.45, 2.75) is 40.0 Å². The highest BCUT2D eigenvalue weighted by Gasteiger charge is 2.17. The number of aromatic nitrogens is 2. The van der Waals surface area contributed by atoms with Crippen molar-refractivity contribution in [1.29, 1.82) is 0 Å². The fraction of sp³-hybridized carbons (Fsp3) is 0.533. The molecule has 4 nitrogen and oxygen atoms in total. The predicted molar refractivity (Wildman–Crippen MR) is 77.0 cm³/mol. The summed E-state index contributed by atoms with van der Waals surface area (Å²) in [5, 5.41) is 0. The van der Waals surface area contributed by atoms with Crippen molar-refractivity contribution in [2.75, 3.05) is 6.54 Å². The molecule has 0 spiro atoms. The summed E-state index contributed by atoms with van der Waals surface area (Å²) in [5.41, 5.74) is 7.94. The van der Waals surface area contributed by atoms with E-state index in [2.05, 4.69) is 23.8 Å². The van der Waals surface area contributed by atoms with Crippen LogP contribution in [0.4, 0.5) is 0 Å². The molecule has 2 aromatic rings. The third-order valence-corrected chi connectivity index (χ3v) is 3.35. The van der Waals surface area contributed by atoms with Gasteiger partial charge in [0.2, 0.25) is 0 Å². The van der Waals surface area contributed by atoms with Crippen molar-refractivity contribution < 1.29 is 4.42 Å². The second-order valence-corrected chi connectivity index (χ2v) is 5.57. The van der Waals surface area contributed by atoms with Crippen molar-refractivity contribution in [3.8, 4) is 11.3 Å². The number of nitrogens with zero attached hydrogens (tertiary/aromatic N) is 1. The lowest BCUT2D eigenvalue weighted by atomic mass is 9.97. The Morgan fingerprint density at radius 3 is 2.63 bits per heavy atom. The normalized spacial score (nSPS) is 13.2. The molecule has 0 aliphatic carbocycles. The first-order chi connectivity index (χ1) is 9.01. The van der Waals surface area contributed by atoms with E-state index in [1.54, 1.807) is 0 Å². The smallest absolute Gasteiger partial charge is 0.110 e. The zero-order valence-corrected chi connectivity index (χ0v) is 12.2. The Balaban J connectivity index is 2.25. The van der Waals surface area contributed by atoms with Crippen molar-refractivity contribution in [2.24, 2.45) is 11.7 Å². The average Bonchev–Trinajstić information content (AvgIpc) is 2.92. The number of H-pyrrole nitrogens is 1. The quantitative estimate of drug-likeness (QED) is 0.867. The van der Waals surface area contributed by atoms with Crippen LogP contribution in [-0.4, -0.2) is 16.5 Å². The number of hydrogen-bond acceptors (Lipinski definition) is 3. The molecule has 0 aromatic carbocycles. The zero-order valence-electron chi connectivity index (χ0n) is 12.2. The van der Waals surface area contributed by atoms with Crippen LogP contribution >= 0.6 is 0 Å². The maximum absolute atomic E-state index is 5.86. The monoisotopic (exact) mass is 261 g/mol. The Labute approximate surface area is 114 Å². The Bertz CT molecular complexity index is 539. The van der Waals surface area contributed by atoms with Gasteiger partial charge in [-0.3, -0.25) is 0 Å². The van der Waals surface area contributed by atoms with Crippen LogP contribution in [-0.2, 0) is 0 Å². The third-order valence-electron chi connectivity index (χ3n) is 3.35. The second kappa shape index (κ2) is 5.61. The lowest BCUT2D eigenvalue weighted by Gasteiger charge is -2.14. The van der Waals surface area contributed by atoms with Gasteiger partial charge in [0.15, 0.2) is 0 Å². The number of aryl methyl sites for hydroxylation is 2. The molecule has 2 aromatic heterocycles. The minimum Gasteiger partial charge on any atom is -0.466 e. The largest absolute Gasteiger partial charge is 0.466 e. The summed E-state index contributed by atoms with van der Waals surface area (Å²) in [5.74, 6) is 3.72. The van der Waals surface area contributed by atoms with E-state index in [4.69, 9.17) is 10.2 Å². The molecular formula is C15H23N3O. The van der Waals surface area contributed by atoms with Gasteiger partial charge >= 0.3 is 0 Å². The minimum absolute atomic E-state index is 0.294. The molecule has 0 radical (unpaired) electrons. The molecule has 0 fully saturated rings. The van der Waals surface area contributed by atoms with Gasteiger partial charge < -0.3 is 15.1 Å². The summed E-state index contributed by atoms with van der Waals surface area (Å²) in [6, 6.07) is 2.03. The molecule has 4 heteroatoms. The van der Waals surface area contributed by atoms with Gasteiger partial charge in [-0.05, 0) is 32.3 Å². The Kier molecular flexibility index (Phi) is 4.10. The van der Waals surface area contributed by atoms with Crippen LogP contribution in [0.2, 0.25) is 0 Å². The van der Waals surface area contributed by atoms with Crippen LogP contribution in [0.15, 0.2) is 16.7 Å². The lowest BCUT2D eigenvalue weighted by Crippen LogP contribution is -2.15. The summed E-state index contributed by atoms with van der Waals surface area (Å²) in [6.45, 7) is 8.95. The van der Waals surface area contributed by atoms with Gasteiger partial charge in [-0.15, -0.1) is 0 Å². The van der Waals surface area contributed by atoms with E-state index in [1.807, 2.05) is 26.1 Å². The number of imidazole rings is 1. The van der Waals surface area contributed by atoms with E-state index in [0.717, 1.165) is 35.0 Å². The predicted octanol–water partition coefficient (Wildman–Crippen LogP) is 3.37. The highest BCUT2D eigenvalue weighted by molar-refractivity contribution is 5.61. The number of furan rings is 1. The first-order valence-electron chi connectivity index (χ1n) is 6.83. The fourth-order valence-electron chi connectivity index (χ4n) is 2.47. The topological polar surface area (TPSA) is 67.8 Å². The van der Waals surface area contributed by atoms with Gasteiger partial charge in [0.1, 0.15) is 17.3 Å². The molecule has 1 unspecified atom stereocenters. The standard InChI is InChI=1S/C15H23N3O/c1-9(2)5-12(7-16)15-17-8-14(18-15)13-6-10(3)19-11(13)4/h6,8-9,12H,5,7,16H2,1-4H3,(H,17,18). The van der Waals surface area contributed by atoms with E-state index in [9.17, 15) is 0 Å². The molecule has 19 heavy (non-hydrogen) atoms. The number of hydrogen-bond donors (Lipinski definition) is 2. The van der Waals surface area contributed by atoms with Crippen LogP contribution in [0.1, 0.15) is 43.5 Å². The summed E-state index contributed by atoms with van der Waals surface area (Å²) < 4.78 is 5.56. The van der Waals surface area contributed by atoms with Crippen LogP contribution in [0.3, 0.4) is 0 Å². The molecule has 104 valence electrons. The molecule has 0 saturated carbocycles. The van der Waals surface area contributed by atoms with E-state index >= 15 is 0 Å². The fourth-order valence-corrected chi connectivity index (χ4v) is 2.47. The number of aromatic amines is 1. The van der Waals surface area contributed by atoms with E-state index in [1.165, 1.54) is 0 Å². The molecule has 2 rings (SSSR count). The van der Waals surface area contributed by atoms with Gasteiger partial charge in [0, 0.05) is 18.0 Å². The summed E-state index contributed by atoms with van der Waals surface area (Å²) in [4.78, 5) is 7.88. The van der Waals surface area contributed by atoms with Gasteiger partial charge in [0.05, 0.1) is 11.9 Å². The van der Waals surface area contributed by atoms with Crippen LogP contribution < -0.4 is 5.73 Å². The zero-order chi connectivity index (χ0) is 14.0. The Hall–Kier alpha value is -1.55. The van der Waals surface area contributed by atoms with Crippen molar-refractivity contribution >= 4 is 0 Å². The number of rotatable bonds is 5. The first-order valence-corrected chi connectivity index (χ1v) is 6.83. The molecule has 0 saturated heterocycles. The highest BCUT2D eigenvalue weighted by atomic mass is 16.3. The summed E-state index contributed by atoms with van der Waals surface area (Å²) in [7, 11) is 0. The lowest BCUT2D eigenvalue weighted by molar-refractivity contribution is 0.490. The summed E-state index contributed by atoms with van der Waals surface area (Å²) >= 11 is 0. The van der Waals surface area contributed by atoms with E-state index in [-0.39, 0.29) is 0 Å². The maximum Gasteiger partial charge on any atom is 0.110 e. The SMILES string of the molecule is Cc1cc(-c2cnc(C(CN)CC(C)C)[nH]2)c(C)o1. The van der Waals surface area contributed by atoms with Gasteiger partial charge in [-0.2, -0.15) is 0 Å². The highest BCUT2D eigenvalue weighted by Crippen LogP contribution is 2.27. The Morgan fingerprint density at radius 1 is 1.37 bits per heavy atom. The Morgan fingerprint density at radius 2 is 2.11 bits per heavy atom. The van der Waals surface area contributed by atoms with Crippen molar-refractivity contribution in [3.63, 3.8) is 0 Å². The molecule has 3 N–H and O–H groups in total. The average molecular weight is 261 g/mol. The van der Waals surface area contributed by atoms with Gasteiger partial charge in [0.25, 0.3) is 0 Å². The van der Waals surface area contributed by atoms with Crippen LogP contribution in [0, 0.1) is 19.8 Å². The van der Waals surface area contributed by atoms with Crippen molar-refractivity contribution in [3.05, 3.63) is 29.6 Å². The third kappa shape index (κ3) is 3.07. The van der Waals surface area contributed by atoms with Crippen molar-refractivity contribution in [1.82, 2.24) is 9.97 Å². The van der Waals surface area contributed by atoms with Crippen LogP contribution in [0.25, 0.3) is 11.3 Å². The van der Waals surface area contributed by atoms with E-state index in [0.29, 0.717) is 18.4 Å². The molecule has 0 aliphatic rings. The second-order valence-electron chi connectivity index (χ2n) is 5.57.